The summed E-state index contributed by atoms with van der Waals surface area (Å²) >= 11 is 6.00. The van der Waals surface area contributed by atoms with Gasteiger partial charge in [0.2, 0.25) is 0 Å². The molecule has 3 aromatic rings. The van der Waals surface area contributed by atoms with Crippen LogP contribution in [-0.4, -0.2) is 27.4 Å². The molecular formula is C18H19ClN2O2. The highest BCUT2D eigenvalue weighted by Crippen LogP contribution is 2.21. The van der Waals surface area contributed by atoms with E-state index in [1.54, 1.807) is 12.1 Å². The first-order chi connectivity index (χ1) is 11.0. The van der Waals surface area contributed by atoms with Gasteiger partial charge in [-0.3, -0.25) is 0 Å². The van der Waals surface area contributed by atoms with Gasteiger partial charge in [0.1, 0.15) is 24.3 Å². The molecule has 1 N–H and O–H groups in total. The van der Waals surface area contributed by atoms with Crippen molar-refractivity contribution >= 4 is 22.6 Å². The van der Waals surface area contributed by atoms with E-state index in [4.69, 9.17) is 16.3 Å². The number of aryl methyl sites for hydroxylation is 2. The predicted octanol–water partition coefficient (Wildman–Crippen LogP) is 3.75. The van der Waals surface area contributed by atoms with Gasteiger partial charge in [-0.05, 0) is 49.7 Å². The number of hydrogen-bond donors (Lipinski definition) is 1. The van der Waals surface area contributed by atoms with E-state index in [0.29, 0.717) is 17.3 Å². The number of rotatable bonds is 5. The number of aromatic nitrogens is 2. The Kier molecular flexibility index (Phi) is 4.55. The Labute approximate surface area is 140 Å². The van der Waals surface area contributed by atoms with Crippen molar-refractivity contribution in [1.29, 1.82) is 0 Å². The van der Waals surface area contributed by atoms with Crippen LogP contribution in [0.2, 0.25) is 5.02 Å². The summed E-state index contributed by atoms with van der Waals surface area (Å²) < 4.78 is 7.67. The molecule has 0 bridgehead atoms. The van der Waals surface area contributed by atoms with Gasteiger partial charge in [0.25, 0.3) is 0 Å². The second kappa shape index (κ2) is 6.60. The average Bonchev–Trinajstić information content (AvgIpc) is 2.84. The molecule has 1 atom stereocenters. The van der Waals surface area contributed by atoms with Gasteiger partial charge in [0.15, 0.2) is 0 Å². The zero-order chi connectivity index (χ0) is 16.4. The maximum atomic E-state index is 10.3. The summed E-state index contributed by atoms with van der Waals surface area (Å²) in [5, 5.41) is 11.0. The third-order valence-corrected chi connectivity index (χ3v) is 4.23. The number of nitrogens with zero attached hydrogens (tertiary/aromatic N) is 2. The number of imidazole rings is 1. The Morgan fingerprint density at radius 1 is 1.22 bits per heavy atom. The zero-order valence-corrected chi connectivity index (χ0v) is 13.9. The molecule has 0 unspecified atom stereocenters. The largest absolute Gasteiger partial charge is 0.491 e. The van der Waals surface area contributed by atoms with Crippen molar-refractivity contribution in [2.75, 3.05) is 6.61 Å². The molecule has 3 rings (SSSR count). The number of hydrogen-bond acceptors (Lipinski definition) is 3. The van der Waals surface area contributed by atoms with Gasteiger partial charge in [-0.2, -0.15) is 0 Å². The standard InChI is InChI=1S/C18H19ClN2O2/c1-12-9-15(7-8-16(12)19)23-11-14(22)10-21-13(2)20-17-5-3-4-6-18(17)21/h3-9,14,22H,10-11H2,1-2H3/t14-/m0/s1. The highest BCUT2D eigenvalue weighted by Gasteiger charge is 2.12. The molecule has 120 valence electrons. The van der Waals surface area contributed by atoms with Crippen LogP contribution in [0.25, 0.3) is 11.0 Å². The van der Waals surface area contributed by atoms with Crippen molar-refractivity contribution in [3.05, 3.63) is 58.9 Å². The van der Waals surface area contributed by atoms with Crippen molar-refractivity contribution in [2.24, 2.45) is 0 Å². The molecule has 0 radical (unpaired) electrons. The molecule has 1 aromatic heterocycles. The van der Waals surface area contributed by atoms with Gasteiger partial charge in [-0.25, -0.2) is 4.98 Å². The Morgan fingerprint density at radius 3 is 2.78 bits per heavy atom. The lowest BCUT2D eigenvalue weighted by Gasteiger charge is -2.15. The van der Waals surface area contributed by atoms with Crippen LogP contribution in [0, 0.1) is 13.8 Å². The first-order valence-electron chi connectivity index (χ1n) is 7.53. The van der Waals surface area contributed by atoms with Crippen LogP contribution in [0.1, 0.15) is 11.4 Å². The molecular weight excluding hydrogens is 312 g/mol. The molecule has 0 saturated carbocycles. The van der Waals surface area contributed by atoms with Crippen molar-refractivity contribution < 1.29 is 9.84 Å². The summed E-state index contributed by atoms with van der Waals surface area (Å²) in [6.45, 7) is 4.52. The fraction of sp³-hybridized carbons (Fsp3) is 0.278. The van der Waals surface area contributed by atoms with Crippen molar-refractivity contribution in [2.45, 2.75) is 26.5 Å². The average molecular weight is 331 g/mol. The molecule has 0 aliphatic heterocycles. The fourth-order valence-corrected chi connectivity index (χ4v) is 2.71. The Bertz CT molecular complexity index is 829. The van der Waals surface area contributed by atoms with E-state index in [2.05, 4.69) is 4.98 Å². The van der Waals surface area contributed by atoms with E-state index >= 15 is 0 Å². The van der Waals surface area contributed by atoms with E-state index < -0.39 is 6.10 Å². The van der Waals surface area contributed by atoms with E-state index in [1.165, 1.54) is 0 Å². The lowest BCUT2D eigenvalue weighted by molar-refractivity contribution is 0.0929. The molecule has 4 nitrogen and oxygen atoms in total. The molecule has 0 spiro atoms. The quantitative estimate of drug-likeness (QED) is 0.775. The predicted molar refractivity (Wildman–Crippen MR) is 92.2 cm³/mol. The highest BCUT2D eigenvalue weighted by molar-refractivity contribution is 6.31. The lowest BCUT2D eigenvalue weighted by Crippen LogP contribution is -2.24. The summed E-state index contributed by atoms with van der Waals surface area (Å²) in [5.74, 6) is 1.59. The van der Waals surface area contributed by atoms with Gasteiger partial charge >= 0.3 is 0 Å². The number of halogens is 1. The van der Waals surface area contributed by atoms with E-state index in [9.17, 15) is 5.11 Å². The number of aliphatic hydroxyl groups excluding tert-OH is 1. The zero-order valence-electron chi connectivity index (χ0n) is 13.2. The molecule has 23 heavy (non-hydrogen) atoms. The molecule has 5 heteroatoms. The van der Waals surface area contributed by atoms with Gasteiger partial charge in [0.05, 0.1) is 17.6 Å². The first kappa shape index (κ1) is 15.8. The second-order valence-corrected chi connectivity index (χ2v) is 6.04. The van der Waals surface area contributed by atoms with Gasteiger partial charge in [0, 0.05) is 5.02 Å². The Morgan fingerprint density at radius 2 is 2.00 bits per heavy atom. The minimum atomic E-state index is -0.623. The van der Waals surface area contributed by atoms with E-state index in [0.717, 1.165) is 22.4 Å². The molecule has 0 saturated heterocycles. The Hall–Kier alpha value is -2.04. The van der Waals surface area contributed by atoms with Crippen LogP contribution in [0.3, 0.4) is 0 Å². The maximum absolute atomic E-state index is 10.3. The number of aliphatic hydroxyl groups is 1. The highest BCUT2D eigenvalue weighted by atomic mass is 35.5. The summed E-state index contributed by atoms with van der Waals surface area (Å²) in [6.07, 6.45) is -0.623. The summed E-state index contributed by atoms with van der Waals surface area (Å²) in [5.41, 5.74) is 2.91. The van der Waals surface area contributed by atoms with E-state index in [-0.39, 0.29) is 6.61 Å². The second-order valence-electron chi connectivity index (χ2n) is 5.63. The molecule has 2 aromatic carbocycles. The minimum absolute atomic E-state index is 0.215. The monoisotopic (exact) mass is 330 g/mol. The molecule has 1 heterocycles. The van der Waals surface area contributed by atoms with Gasteiger partial charge in [-0.15, -0.1) is 0 Å². The van der Waals surface area contributed by atoms with Gasteiger partial charge < -0.3 is 14.4 Å². The van der Waals surface area contributed by atoms with Crippen LogP contribution in [0.5, 0.6) is 5.75 Å². The number of fused-ring (bicyclic) bond motifs is 1. The van der Waals surface area contributed by atoms with Crippen molar-refractivity contribution in [3.63, 3.8) is 0 Å². The minimum Gasteiger partial charge on any atom is -0.491 e. The number of para-hydroxylation sites is 2. The fourth-order valence-electron chi connectivity index (χ4n) is 2.59. The maximum Gasteiger partial charge on any atom is 0.119 e. The number of ether oxygens (including phenoxy) is 1. The van der Waals surface area contributed by atoms with Gasteiger partial charge in [-0.1, -0.05) is 23.7 Å². The van der Waals surface area contributed by atoms with Crippen LogP contribution >= 0.6 is 11.6 Å². The summed E-state index contributed by atoms with van der Waals surface area (Å²) in [4.78, 5) is 4.50. The van der Waals surface area contributed by atoms with Crippen molar-refractivity contribution in [1.82, 2.24) is 9.55 Å². The third-order valence-electron chi connectivity index (χ3n) is 3.81. The molecule has 0 aliphatic rings. The molecule has 0 fully saturated rings. The summed E-state index contributed by atoms with van der Waals surface area (Å²) in [7, 11) is 0. The first-order valence-corrected chi connectivity index (χ1v) is 7.91. The van der Waals surface area contributed by atoms with Crippen molar-refractivity contribution in [3.8, 4) is 5.75 Å². The Balaban J connectivity index is 1.67. The van der Waals surface area contributed by atoms with Crippen LogP contribution < -0.4 is 4.74 Å². The number of benzene rings is 2. The van der Waals surface area contributed by atoms with Crippen LogP contribution in [-0.2, 0) is 6.54 Å². The third kappa shape index (κ3) is 3.49. The normalized spacial score (nSPS) is 12.5. The van der Waals surface area contributed by atoms with E-state index in [1.807, 2.05) is 48.7 Å². The lowest BCUT2D eigenvalue weighted by atomic mass is 10.2. The smallest absolute Gasteiger partial charge is 0.119 e. The summed E-state index contributed by atoms with van der Waals surface area (Å²) in [6, 6.07) is 13.4. The van der Waals surface area contributed by atoms with Crippen LogP contribution in [0.15, 0.2) is 42.5 Å². The SMILES string of the molecule is Cc1cc(OC[C@@H](O)Cn2c(C)nc3ccccc32)ccc1Cl. The molecule has 0 amide bonds. The topological polar surface area (TPSA) is 47.3 Å². The van der Waals surface area contributed by atoms with Crippen LogP contribution in [0.4, 0.5) is 0 Å². The molecule has 0 aliphatic carbocycles.